The van der Waals surface area contributed by atoms with Crippen LogP contribution >= 0.6 is 7.75 Å². The van der Waals surface area contributed by atoms with Crippen molar-refractivity contribution in [1.29, 1.82) is 0 Å². The second kappa shape index (κ2) is 3.84. The first-order chi connectivity index (χ1) is 8.21. The highest BCUT2D eigenvalue weighted by Gasteiger charge is 2.35. The summed E-state index contributed by atoms with van der Waals surface area (Å²) in [5.41, 5.74) is 0.785. The van der Waals surface area contributed by atoms with E-state index in [4.69, 9.17) is 13.5 Å². The van der Waals surface area contributed by atoms with Crippen molar-refractivity contribution in [2.75, 3.05) is 13.2 Å². The first-order valence-corrected chi connectivity index (χ1v) is 6.71. The fourth-order valence-electron chi connectivity index (χ4n) is 1.76. The lowest BCUT2D eigenvalue weighted by Crippen LogP contribution is -2.20. The van der Waals surface area contributed by atoms with Crippen LogP contribution in [0.2, 0.25) is 0 Å². The zero-order valence-corrected chi connectivity index (χ0v) is 9.76. The van der Waals surface area contributed by atoms with Gasteiger partial charge in [-0.25, -0.2) is 9.36 Å². The van der Waals surface area contributed by atoms with Crippen LogP contribution in [0.5, 0.6) is 0 Å². The number of aromatic nitrogens is 1. The van der Waals surface area contributed by atoms with Crippen molar-refractivity contribution < 1.29 is 18.0 Å². The minimum absolute atomic E-state index is 0.309. The summed E-state index contributed by atoms with van der Waals surface area (Å²) < 4.78 is 28.6. The van der Waals surface area contributed by atoms with Crippen LogP contribution in [0.25, 0.3) is 11.1 Å². The minimum Gasteiger partial charge on any atom is -0.407 e. The third-order valence-corrected chi connectivity index (χ3v) is 4.39. The Hall–Kier alpha value is -1.36. The highest BCUT2D eigenvalue weighted by atomic mass is 31.2. The zero-order chi connectivity index (χ0) is 11.9. The number of para-hydroxylation sites is 2. The maximum absolute atomic E-state index is 12.4. The first-order valence-electron chi connectivity index (χ1n) is 5.21. The molecule has 2 aromatic rings. The molecule has 0 unspecified atom stereocenters. The number of benzene rings is 1. The molecule has 3 rings (SSSR count). The Morgan fingerprint density at radius 2 is 1.88 bits per heavy atom. The van der Waals surface area contributed by atoms with Gasteiger partial charge in [0.2, 0.25) is 0 Å². The van der Waals surface area contributed by atoms with E-state index in [9.17, 15) is 9.36 Å². The van der Waals surface area contributed by atoms with Crippen molar-refractivity contribution in [3.05, 3.63) is 34.8 Å². The smallest absolute Gasteiger partial charge is 0.407 e. The third kappa shape index (κ3) is 1.65. The molecule has 0 aliphatic carbocycles. The van der Waals surface area contributed by atoms with Crippen LogP contribution in [0.4, 0.5) is 0 Å². The van der Waals surface area contributed by atoms with Crippen LogP contribution in [-0.2, 0) is 13.6 Å². The van der Waals surface area contributed by atoms with Crippen LogP contribution in [0.1, 0.15) is 6.42 Å². The fraction of sp³-hybridized carbons (Fsp3) is 0.300. The number of fused-ring (bicyclic) bond motifs is 1. The molecule has 1 saturated heterocycles. The van der Waals surface area contributed by atoms with Crippen LogP contribution in [0, 0.1) is 0 Å². The molecule has 0 atom stereocenters. The molecule has 0 saturated carbocycles. The zero-order valence-electron chi connectivity index (χ0n) is 8.87. The van der Waals surface area contributed by atoms with E-state index in [0.29, 0.717) is 30.7 Å². The SMILES string of the molecule is O=c1oc2ccccc2n1P1(=O)OCCCO1. The van der Waals surface area contributed by atoms with E-state index >= 15 is 0 Å². The highest BCUT2D eigenvalue weighted by molar-refractivity contribution is 7.52. The Bertz CT molecular complexity index is 648. The molecule has 0 radical (unpaired) electrons. The van der Waals surface area contributed by atoms with Gasteiger partial charge in [-0.15, -0.1) is 0 Å². The molecule has 0 amide bonds. The maximum atomic E-state index is 12.4. The van der Waals surface area contributed by atoms with Crippen molar-refractivity contribution in [1.82, 2.24) is 4.34 Å². The minimum atomic E-state index is -3.59. The summed E-state index contributed by atoms with van der Waals surface area (Å²) in [6, 6.07) is 6.72. The molecule has 0 N–H and O–H groups in total. The van der Waals surface area contributed by atoms with Crippen molar-refractivity contribution in [3.63, 3.8) is 0 Å². The molecule has 1 aliphatic rings. The maximum Gasteiger partial charge on any atom is 0.444 e. The standard InChI is InChI=1S/C10H10NO5P/c12-10-11(17(13)14-6-3-7-15-17)8-4-1-2-5-9(8)16-10/h1-2,4-5H,3,6-7H2. The lowest BCUT2D eigenvalue weighted by Gasteiger charge is -2.22. The van der Waals surface area contributed by atoms with Gasteiger partial charge in [-0.2, -0.15) is 4.34 Å². The van der Waals surface area contributed by atoms with Crippen LogP contribution in [0.15, 0.2) is 33.5 Å². The summed E-state index contributed by atoms with van der Waals surface area (Å²) >= 11 is 0. The summed E-state index contributed by atoms with van der Waals surface area (Å²) in [5, 5.41) is 0. The lowest BCUT2D eigenvalue weighted by molar-refractivity contribution is 0.139. The summed E-state index contributed by atoms with van der Waals surface area (Å²) in [6.45, 7) is 0.618. The van der Waals surface area contributed by atoms with Gasteiger partial charge in [0.15, 0.2) is 5.58 Å². The Morgan fingerprint density at radius 1 is 1.18 bits per heavy atom. The Kier molecular flexibility index (Phi) is 2.43. The van der Waals surface area contributed by atoms with Crippen molar-refractivity contribution in [2.24, 2.45) is 0 Å². The number of hydrogen-bond donors (Lipinski definition) is 0. The van der Waals surface area contributed by atoms with E-state index in [0.717, 1.165) is 4.34 Å². The van der Waals surface area contributed by atoms with E-state index in [1.165, 1.54) is 0 Å². The van der Waals surface area contributed by atoms with Crippen molar-refractivity contribution in [3.8, 4) is 0 Å². The van der Waals surface area contributed by atoms with Gasteiger partial charge in [0.05, 0.1) is 13.2 Å². The average Bonchev–Trinajstić information content (AvgIpc) is 2.66. The molecule has 1 aliphatic heterocycles. The van der Waals surface area contributed by atoms with Gasteiger partial charge in [-0.1, -0.05) is 12.1 Å². The number of hydrogen-bond acceptors (Lipinski definition) is 5. The Labute approximate surface area is 96.3 Å². The molecule has 1 aromatic heterocycles. The van der Waals surface area contributed by atoms with E-state index < -0.39 is 13.5 Å². The molecular formula is C10H10NO5P. The highest BCUT2D eigenvalue weighted by Crippen LogP contribution is 2.52. The largest absolute Gasteiger partial charge is 0.444 e. The van der Waals surface area contributed by atoms with Crippen molar-refractivity contribution in [2.45, 2.75) is 6.42 Å². The van der Waals surface area contributed by atoms with Gasteiger partial charge in [0.1, 0.15) is 5.52 Å². The van der Waals surface area contributed by atoms with E-state index in [-0.39, 0.29) is 0 Å². The molecule has 6 nitrogen and oxygen atoms in total. The van der Waals surface area contributed by atoms with Gasteiger partial charge < -0.3 is 4.42 Å². The third-order valence-electron chi connectivity index (χ3n) is 2.51. The quantitative estimate of drug-likeness (QED) is 0.728. The molecule has 7 heteroatoms. The monoisotopic (exact) mass is 255 g/mol. The second-order valence-electron chi connectivity index (χ2n) is 3.64. The summed E-state index contributed by atoms with van der Waals surface area (Å²) in [5.74, 6) is -0.726. The van der Waals surface area contributed by atoms with Gasteiger partial charge in [-0.05, 0) is 18.6 Å². The molecule has 90 valence electrons. The normalized spacial score (nSPS) is 19.5. The number of nitrogens with zero attached hydrogens (tertiary/aromatic N) is 1. The molecule has 17 heavy (non-hydrogen) atoms. The summed E-state index contributed by atoms with van der Waals surface area (Å²) in [6.07, 6.45) is 0.661. The predicted octanol–water partition coefficient (Wildman–Crippen LogP) is 1.99. The topological polar surface area (TPSA) is 70.7 Å². The molecule has 1 fully saturated rings. The molecule has 0 bridgehead atoms. The lowest BCUT2D eigenvalue weighted by atomic mass is 10.3. The average molecular weight is 255 g/mol. The molecule has 0 spiro atoms. The fourth-order valence-corrected chi connectivity index (χ4v) is 3.45. The van der Waals surface area contributed by atoms with Gasteiger partial charge in [-0.3, -0.25) is 9.05 Å². The predicted molar refractivity (Wildman–Crippen MR) is 60.0 cm³/mol. The summed E-state index contributed by atoms with van der Waals surface area (Å²) in [4.78, 5) is 11.7. The van der Waals surface area contributed by atoms with Crippen molar-refractivity contribution >= 4 is 18.8 Å². The first kappa shape index (κ1) is 10.8. The van der Waals surface area contributed by atoms with E-state index in [2.05, 4.69) is 0 Å². The van der Waals surface area contributed by atoms with Crippen LogP contribution in [-0.4, -0.2) is 17.6 Å². The van der Waals surface area contributed by atoms with Crippen LogP contribution < -0.4 is 5.76 Å². The van der Waals surface area contributed by atoms with Gasteiger partial charge in [0.25, 0.3) is 0 Å². The van der Waals surface area contributed by atoms with Gasteiger partial charge >= 0.3 is 13.5 Å². The Morgan fingerprint density at radius 3 is 2.65 bits per heavy atom. The molecule has 1 aromatic carbocycles. The molecular weight excluding hydrogens is 245 g/mol. The number of rotatable bonds is 1. The summed E-state index contributed by atoms with van der Waals surface area (Å²) in [7, 11) is -3.59. The van der Waals surface area contributed by atoms with E-state index in [1.807, 2.05) is 0 Å². The Balaban J connectivity index is 2.26. The second-order valence-corrected chi connectivity index (χ2v) is 5.49. The molecule has 2 heterocycles. The van der Waals surface area contributed by atoms with Gasteiger partial charge in [0, 0.05) is 0 Å². The van der Waals surface area contributed by atoms with E-state index in [1.54, 1.807) is 24.3 Å². The number of oxazole rings is 1. The van der Waals surface area contributed by atoms with Crippen LogP contribution in [0.3, 0.4) is 0 Å².